The summed E-state index contributed by atoms with van der Waals surface area (Å²) in [7, 11) is 0. The summed E-state index contributed by atoms with van der Waals surface area (Å²) >= 11 is 0. The van der Waals surface area contributed by atoms with E-state index in [0.717, 1.165) is 38.5 Å². The van der Waals surface area contributed by atoms with Gasteiger partial charge >= 0.3 is 11.9 Å². The normalized spacial score (nSPS) is 11.5. The smallest absolute Gasteiger partial charge is 0.333 e. The van der Waals surface area contributed by atoms with Gasteiger partial charge in [0.2, 0.25) is 0 Å². The second-order valence-corrected chi connectivity index (χ2v) is 10.8. The lowest BCUT2D eigenvalue weighted by atomic mass is 9.83. The van der Waals surface area contributed by atoms with Gasteiger partial charge < -0.3 is 14.9 Å². The molecule has 0 aromatic rings. The van der Waals surface area contributed by atoms with Crippen LogP contribution in [0.15, 0.2) is 24.3 Å². The van der Waals surface area contributed by atoms with Crippen molar-refractivity contribution in [2.45, 2.75) is 161 Å². The number of hydrogen-bond acceptors (Lipinski definition) is 3. The molecule has 0 rings (SSSR count). The molecular formula is C32H58O5. The molecule has 0 aromatic heterocycles. The van der Waals surface area contributed by atoms with E-state index in [1.807, 2.05) is 0 Å². The lowest BCUT2D eigenvalue weighted by Crippen LogP contribution is -2.39. The van der Waals surface area contributed by atoms with Gasteiger partial charge in [0.05, 0.1) is 17.8 Å². The van der Waals surface area contributed by atoms with E-state index in [0.29, 0.717) is 12.8 Å². The number of hydrogen-bond donors (Lipinski definition) is 2. The summed E-state index contributed by atoms with van der Waals surface area (Å²) in [6.45, 7) is 11.7. The summed E-state index contributed by atoms with van der Waals surface area (Å²) in [5.74, 6) is -2.19. The SMILES string of the molecule is C=C(COC(CCCCCCCCCCCC)(CCCCCCCCCCCC)C(=C)C(=O)O)C(=O)O. The Kier molecular flexibility index (Phi) is 22.5. The number of unbranched alkanes of at least 4 members (excludes halogenated alkanes) is 18. The summed E-state index contributed by atoms with van der Waals surface area (Å²) in [5, 5.41) is 19.0. The van der Waals surface area contributed by atoms with Crippen LogP contribution < -0.4 is 0 Å². The molecule has 37 heavy (non-hydrogen) atoms. The molecule has 0 saturated heterocycles. The van der Waals surface area contributed by atoms with E-state index in [2.05, 4.69) is 27.0 Å². The zero-order chi connectivity index (χ0) is 27.8. The summed E-state index contributed by atoms with van der Waals surface area (Å²) in [4.78, 5) is 23.3. The van der Waals surface area contributed by atoms with Gasteiger partial charge in [-0.2, -0.15) is 0 Å². The monoisotopic (exact) mass is 522 g/mol. The Hall–Kier alpha value is -1.62. The van der Waals surface area contributed by atoms with E-state index < -0.39 is 17.5 Å². The number of carbonyl (C=O) groups is 2. The topological polar surface area (TPSA) is 83.8 Å². The predicted molar refractivity (Wildman–Crippen MR) is 155 cm³/mol. The average Bonchev–Trinajstić information content (AvgIpc) is 2.88. The molecule has 5 nitrogen and oxygen atoms in total. The molecule has 0 spiro atoms. The minimum atomic E-state index is -1.12. The molecular weight excluding hydrogens is 464 g/mol. The molecule has 0 saturated carbocycles. The standard InChI is InChI=1S/C32H58O5/c1-5-7-9-11-13-15-17-19-21-23-25-32(29(4)31(35)36,37-27-28(3)30(33)34)26-24-22-20-18-16-14-12-10-8-6-2/h3-27H2,1-2H3,(H,33,34)(H,35,36). The highest BCUT2D eigenvalue weighted by Gasteiger charge is 2.37. The van der Waals surface area contributed by atoms with Gasteiger partial charge in [-0.15, -0.1) is 0 Å². The van der Waals surface area contributed by atoms with Crippen LogP contribution in [0.3, 0.4) is 0 Å². The third-order valence-corrected chi connectivity index (χ3v) is 7.50. The first-order valence-electron chi connectivity index (χ1n) is 15.3. The number of ether oxygens (including phenoxy) is 1. The van der Waals surface area contributed by atoms with Crippen molar-refractivity contribution in [2.75, 3.05) is 6.61 Å². The largest absolute Gasteiger partial charge is 0.478 e. The molecule has 0 aliphatic heterocycles. The van der Waals surface area contributed by atoms with Gasteiger partial charge in [-0.05, 0) is 12.8 Å². The van der Waals surface area contributed by atoms with Crippen LogP contribution in [0, 0.1) is 0 Å². The molecule has 0 aromatic carbocycles. The van der Waals surface area contributed by atoms with E-state index in [4.69, 9.17) is 4.74 Å². The van der Waals surface area contributed by atoms with Crippen molar-refractivity contribution >= 4 is 11.9 Å². The van der Waals surface area contributed by atoms with Crippen molar-refractivity contribution < 1.29 is 24.5 Å². The number of rotatable bonds is 28. The molecule has 216 valence electrons. The van der Waals surface area contributed by atoms with Crippen LogP contribution in [-0.2, 0) is 14.3 Å². The quantitative estimate of drug-likeness (QED) is 0.0789. The second kappa shape index (κ2) is 23.5. The first-order chi connectivity index (χ1) is 17.8. The van der Waals surface area contributed by atoms with Crippen LogP contribution in [0.4, 0.5) is 0 Å². The second-order valence-electron chi connectivity index (χ2n) is 10.8. The Bertz CT molecular complexity index is 601. The molecule has 5 heteroatoms. The Balaban J connectivity index is 4.76. The van der Waals surface area contributed by atoms with Crippen LogP contribution in [-0.4, -0.2) is 34.4 Å². The van der Waals surface area contributed by atoms with Crippen LogP contribution in [0.5, 0.6) is 0 Å². The van der Waals surface area contributed by atoms with Crippen LogP contribution >= 0.6 is 0 Å². The fourth-order valence-corrected chi connectivity index (χ4v) is 4.94. The Morgan fingerprint density at radius 3 is 1.19 bits per heavy atom. The first kappa shape index (κ1) is 35.4. The summed E-state index contributed by atoms with van der Waals surface area (Å²) < 4.78 is 6.08. The third kappa shape index (κ3) is 18.3. The maximum Gasteiger partial charge on any atom is 0.333 e. The number of carboxylic acid groups (broad SMARTS) is 2. The van der Waals surface area contributed by atoms with Gasteiger partial charge in [0, 0.05) is 0 Å². The van der Waals surface area contributed by atoms with Crippen molar-refractivity contribution in [3.05, 3.63) is 24.3 Å². The van der Waals surface area contributed by atoms with Crippen molar-refractivity contribution in [3.63, 3.8) is 0 Å². The average molecular weight is 523 g/mol. The summed E-state index contributed by atoms with van der Waals surface area (Å²) in [6.07, 6.45) is 25.1. The van der Waals surface area contributed by atoms with E-state index >= 15 is 0 Å². The minimum absolute atomic E-state index is 0.0394. The molecule has 0 heterocycles. The molecule has 0 aliphatic carbocycles. The minimum Gasteiger partial charge on any atom is -0.478 e. The molecule has 0 aliphatic rings. The molecule has 2 N–H and O–H groups in total. The zero-order valence-corrected chi connectivity index (χ0v) is 24.3. The number of aliphatic carboxylic acids is 2. The van der Waals surface area contributed by atoms with Gasteiger partial charge in [-0.3, -0.25) is 0 Å². The predicted octanol–water partition coefficient (Wildman–Crippen LogP) is 9.65. The molecule has 0 unspecified atom stereocenters. The fraction of sp³-hybridized carbons (Fsp3) is 0.812. The highest BCUT2D eigenvalue weighted by molar-refractivity contribution is 5.88. The van der Waals surface area contributed by atoms with E-state index in [1.165, 1.54) is 89.9 Å². The van der Waals surface area contributed by atoms with Crippen molar-refractivity contribution in [1.29, 1.82) is 0 Å². The van der Waals surface area contributed by atoms with E-state index in [1.54, 1.807) is 0 Å². The maximum absolute atomic E-state index is 12.0. The molecule has 0 radical (unpaired) electrons. The van der Waals surface area contributed by atoms with Crippen molar-refractivity contribution in [3.8, 4) is 0 Å². The zero-order valence-electron chi connectivity index (χ0n) is 24.3. The lowest BCUT2D eigenvalue weighted by molar-refractivity contribution is -0.137. The van der Waals surface area contributed by atoms with Gasteiger partial charge in [0.25, 0.3) is 0 Å². The Morgan fingerprint density at radius 1 is 0.568 bits per heavy atom. The van der Waals surface area contributed by atoms with Crippen LogP contribution in [0.25, 0.3) is 0 Å². The third-order valence-electron chi connectivity index (χ3n) is 7.50. The van der Waals surface area contributed by atoms with Crippen LogP contribution in [0.2, 0.25) is 0 Å². The van der Waals surface area contributed by atoms with E-state index in [-0.39, 0.29) is 17.8 Å². The Labute approximate surface area is 228 Å². The lowest BCUT2D eigenvalue weighted by Gasteiger charge is -2.35. The Morgan fingerprint density at radius 2 is 0.892 bits per heavy atom. The summed E-state index contributed by atoms with van der Waals surface area (Å²) in [6, 6.07) is 0. The number of carboxylic acids is 2. The molecule has 0 amide bonds. The van der Waals surface area contributed by atoms with Crippen LogP contribution in [0.1, 0.15) is 155 Å². The molecule has 0 bridgehead atoms. The first-order valence-corrected chi connectivity index (χ1v) is 15.3. The van der Waals surface area contributed by atoms with Gasteiger partial charge in [0.15, 0.2) is 0 Å². The highest BCUT2D eigenvalue weighted by atomic mass is 16.5. The van der Waals surface area contributed by atoms with Gasteiger partial charge in [0.1, 0.15) is 5.60 Å². The van der Waals surface area contributed by atoms with E-state index in [9.17, 15) is 19.8 Å². The molecule has 0 atom stereocenters. The van der Waals surface area contributed by atoms with Gasteiger partial charge in [-0.25, -0.2) is 9.59 Å². The van der Waals surface area contributed by atoms with Crippen molar-refractivity contribution in [1.82, 2.24) is 0 Å². The van der Waals surface area contributed by atoms with Crippen molar-refractivity contribution in [2.24, 2.45) is 0 Å². The summed E-state index contributed by atoms with van der Waals surface area (Å²) in [5.41, 5.74) is -1.06. The highest BCUT2D eigenvalue weighted by Crippen LogP contribution is 2.34. The molecule has 0 fully saturated rings. The van der Waals surface area contributed by atoms with Gasteiger partial charge in [-0.1, -0.05) is 155 Å². The maximum atomic E-state index is 12.0. The fourth-order valence-electron chi connectivity index (χ4n) is 4.94.